The summed E-state index contributed by atoms with van der Waals surface area (Å²) >= 11 is 0. The molecular weight excluding hydrogens is 230 g/mol. The number of hydrogen-bond acceptors (Lipinski definition) is 1. The highest BCUT2D eigenvalue weighted by Crippen LogP contribution is 2.37. The Labute approximate surface area is 118 Å². The van der Waals surface area contributed by atoms with Crippen molar-refractivity contribution in [3.05, 3.63) is 35.4 Å². The largest absolute Gasteiger partial charge is 0.313 e. The fraction of sp³-hybridized carbons (Fsp3) is 0.667. The third-order valence-corrected chi connectivity index (χ3v) is 4.58. The monoisotopic (exact) mass is 259 g/mol. The highest BCUT2D eigenvalue weighted by atomic mass is 14.9. The van der Waals surface area contributed by atoms with E-state index in [2.05, 4.69) is 43.6 Å². The molecule has 1 unspecified atom stereocenters. The zero-order chi connectivity index (χ0) is 13.5. The van der Waals surface area contributed by atoms with Gasteiger partial charge in [0.2, 0.25) is 0 Å². The van der Waals surface area contributed by atoms with E-state index in [0.717, 1.165) is 5.92 Å². The van der Waals surface area contributed by atoms with Gasteiger partial charge in [0.1, 0.15) is 0 Å². The van der Waals surface area contributed by atoms with E-state index < -0.39 is 0 Å². The first-order chi connectivity index (χ1) is 9.35. The van der Waals surface area contributed by atoms with Gasteiger partial charge in [-0.25, -0.2) is 0 Å². The lowest BCUT2D eigenvalue weighted by atomic mass is 9.79. The molecule has 1 saturated carbocycles. The van der Waals surface area contributed by atoms with Crippen LogP contribution in [0.1, 0.15) is 81.4 Å². The zero-order valence-corrected chi connectivity index (χ0v) is 12.6. The summed E-state index contributed by atoms with van der Waals surface area (Å²) in [6, 6.07) is 9.85. The summed E-state index contributed by atoms with van der Waals surface area (Å²) in [5, 5.41) is 3.50. The molecule has 0 spiro atoms. The highest BCUT2D eigenvalue weighted by Gasteiger charge is 2.20. The minimum Gasteiger partial charge on any atom is -0.313 e. The molecule has 1 aromatic rings. The van der Waals surface area contributed by atoms with Crippen LogP contribution in [0, 0.1) is 0 Å². The molecule has 1 fully saturated rings. The summed E-state index contributed by atoms with van der Waals surface area (Å²) in [5.41, 5.74) is 3.06. The van der Waals surface area contributed by atoms with Crippen LogP contribution in [0.3, 0.4) is 0 Å². The third kappa shape index (κ3) is 4.07. The van der Waals surface area contributed by atoms with Crippen LogP contribution in [0.5, 0.6) is 0 Å². The van der Waals surface area contributed by atoms with Crippen molar-refractivity contribution in [3.8, 4) is 0 Å². The molecule has 1 N–H and O–H groups in total. The highest BCUT2D eigenvalue weighted by molar-refractivity contribution is 5.29. The van der Waals surface area contributed by atoms with Crippen LogP contribution in [0.15, 0.2) is 24.3 Å². The Morgan fingerprint density at radius 3 is 2.68 bits per heavy atom. The van der Waals surface area contributed by atoms with E-state index in [0.29, 0.717) is 6.04 Å². The number of hydrogen-bond donors (Lipinski definition) is 1. The van der Waals surface area contributed by atoms with Crippen LogP contribution in [-0.4, -0.2) is 7.05 Å². The molecule has 19 heavy (non-hydrogen) atoms. The predicted molar refractivity (Wildman–Crippen MR) is 83.6 cm³/mol. The molecule has 0 saturated heterocycles. The average molecular weight is 259 g/mol. The average Bonchev–Trinajstić information content (AvgIpc) is 2.37. The number of nitrogens with one attached hydrogen (secondary N) is 1. The molecule has 0 heterocycles. The molecule has 1 nitrogen and oxygen atoms in total. The van der Waals surface area contributed by atoms with E-state index in [1.165, 1.54) is 56.9 Å². The Bertz CT molecular complexity index is 368. The number of rotatable bonds is 8. The number of unbranched alkanes of at least 4 members (excludes halogenated alkanes) is 3. The Balaban J connectivity index is 1.93. The van der Waals surface area contributed by atoms with Crippen LogP contribution in [0.2, 0.25) is 0 Å². The van der Waals surface area contributed by atoms with Crippen molar-refractivity contribution < 1.29 is 0 Å². The van der Waals surface area contributed by atoms with Crippen LogP contribution >= 0.6 is 0 Å². The second-order valence-corrected chi connectivity index (χ2v) is 5.99. The first-order valence-electron chi connectivity index (χ1n) is 8.12. The molecule has 1 aliphatic carbocycles. The van der Waals surface area contributed by atoms with Gasteiger partial charge in [0, 0.05) is 6.04 Å². The summed E-state index contributed by atoms with van der Waals surface area (Å²) < 4.78 is 0. The first-order valence-corrected chi connectivity index (χ1v) is 8.12. The Hall–Kier alpha value is -0.820. The Kier molecular flexibility index (Phi) is 5.91. The smallest absolute Gasteiger partial charge is 0.0317 e. The Morgan fingerprint density at radius 2 is 2.05 bits per heavy atom. The summed E-state index contributed by atoms with van der Waals surface area (Å²) in [6.45, 7) is 2.28. The molecule has 0 aliphatic heterocycles. The normalized spacial score (nSPS) is 17.2. The Morgan fingerprint density at radius 1 is 1.21 bits per heavy atom. The third-order valence-electron chi connectivity index (χ3n) is 4.58. The van der Waals surface area contributed by atoms with E-state index in [4.69, 9.17) is 0 Å². The minimum absolute atomic E-state index is 0.539. The minimum atomic E-state index is 0.539. The quantitative estimate of drug-likeness (QED) is 0.634. The lowest BCUT2D eigenvalue weighted by molar-refractivity contribution is 0.418. The second-order valence-electron chi connectivity index (χ2n) is 5.99. The van der Waals surface area contributed by atoms with Crippen LogP contribution < -0.4 is 5.32 Å². The van der Waals surface area contributed by atoms with Gasteiger partial charge in [0.25, 0.3) is 0 Å². The topological polar surface area (TPSA) is 12.0 Å². The standard InChI is InChI=1S/C18H29N/c1-3-4-5-6-13-18(19-2)17-12-8-11-16(14-17)15-9-7-10-15/h8,11-12,14-15,18-19H,3-7,9-10,13H2,1-2H3. The van der Waals surface area contributed by atoms with E-state index in [1.807, 2.05) is 0 Å². The molecule has 0 bridgehead atoms. The maximum absolute atomic E-state index is 3.50. The van der Waals surface area contributed by atoms with Gasteiger partial charge in [0.15, 0.2) is 0 Å². The van der Waals surface area contributed by atoms with Crippen molar-refractivity contribution in [2.45, 2.75) is 70.3 Å². The van der Waals surface area contributed by atoms with Crippen molar-refractivity contribution in [1.29, 1.82) is 0 Å². The lowest BCUT2D eigenvalue weighted by Gasteiger charge is -2.27. The maximum Gasteiger partial charge on any atom is 0.0317 e. The summed E-state index contributed by atoms with van der Waals surface area (Å²) in [7, 11) is 2.10. The van der Waals surface area contributed by atoms with Gasteiger partial charge < -0.3 is 5.32 Å². The summed E-state index contributed by atoms with van der Waals surface area (Å²) in [4.78, 5) is 0. The van der Waals surface area contributed by atoms with Gasteiger partial charge in [-0.2, -0.15) is 0 Å². The van der Waals surface area contributed by atoms with Gasteiger partial charge in [-0.3, -0.25) is 0 Å². The molecule has 1 atom stereocenters. The van der Waals surface area contributed by atoms with Crippen molar-refractivity contribution in [2.75, 3.05) is 7.05 Å². The fourth-order valence-electron chi connectivity index (χ4n) is 3.02. The van der Waals surface area contributed by atoms with Gasteiger partial charge in [-0.1, -0.05) is 63.3 Å². The van der Waals surface area contributed by atoms with Crippen LogP contribution in [0.25, 0.3) is 0 Å². The second kappa shape index (κ2) is 7.69. The van der Waals surface area contributed by atoms with Crippen molar-refractivity contribution in [2.24, 2.45) is 0 Å². The van der Waals surface area contributed by atoms with E-state index in [-0.39, 0.29) is 0 Å². The molecule has 1 aromatic carbocycles. The van der Waals surface area contributed by atoms with Crippen molar-refractivity contribution >= 4 is 0 Å². The molecule has 106 valence electrons. The molecule has 0 amide bonds. The molecule has 0 aromatic heterocycles. The fourth-order valence-corrected chi connectivity index (χ4v) is 3.02. The van der Waals surface area contributed by atoms with Crippen molar-refractivity contribution in [1.82, 2.24) is 5.32 Å². The van der Waals surface area contributed by atoms with Gasteiger partial charge in [-0.05, 0) is 43.4 Å². The lowest BCUT2D eigenvalue weighted by Crippen LogP contribution is -2.17. The zero-order valence-electron chi connectivity index (χ0n) is 12.6. The van der Waals surface area contributed by atoms with Gasteiger partial charge >= 0.3 is 0 Å². The van der Waals surface area contributed by atoms with E-state index >= 15 is 0 Å². The SMILES string of the molecule is CCCCCCC(NC)c1cccc(C2CCC2)c1. The van der Waals surface area contributed by atoms with Crippen LogP contribution in [0.4, 0.5) is 0 Å². The number of benzene rings is 1. The first kappa shape index (κ1) is 14.6. The van der Waals surface area contributed by atoms with E-state index in [9.17, 15) is 0 Å². The summed E-state index contributed by atoms with van der Waals surface area (Å²) in [5.74, 6) is 0.845. The van der Waals surface area contributed by atoms with Crippen LogP contribution in [-0.2, 0) is 0 Å². The molecular formula is C18H29N. The summed E-state index contributed by atoms with van der Waals surface area (Å²) in [6.07, 6.45) is 10.9. The molecule has 0 radical (unpaired) electrons. The van der Waals surface area contributed by atoms with Crippen molar-refractivity contribution in [3.63, 3.8) is 0 Å². The maximum atomic E-state index is 3.50. The predicted octanol–water partition coefficient (Wildman–Crippen LogP) is 5.19. The van der Waals surface area contributed by atoms with Gasteiger partial charge in [0.05, 0.1) is 0 Å². The molecule has 1 aliphatic rings. The molecule has 2 rings (SSSR count). The molecule has 1 heteroatoms. The van der Waals surface area contributed by atoms with Gasteiger partial charge in [-0.15, -0.1) is 0 Å². The van der Waals surface area contributed by atoms with E-state index in [1.54, 1.807) is 5.56 Å².